The number of benzene rings is 2. The van der Waals surface area contributed by atoms with Gasteiger partial charge in [0.25, 0.3) is 0 Å². The summed E-state index contributed by atoms with van der Waals surface area (Å²) < 4.78 is 1.60. The first kappa shape index (κ1) is 18.3. The van der Waals surface area contributed by atoms with Crippen LogP contribution in [-0.2, 0) is 17.6 Å². The summed E-state index contributed by atoms with van der Waals surface area (Å²) in [5.41, 5.74) is 3.26. The normalized spacial score (nSPS) is 14.9. The third-order valence-electron chi connectivity index (χ3n) is 5.19. The SMILES string of the molecule is O=C(Cc1ccc(-n2cnnn2)cc1)N1CCN(CCc2ccccc2)CC1. The zero-order valence-electron chi connectivity index (χ0n) is 15.8. The maximum atomic E-state index is 12.6. The molecule has 0 atom stereocenters. The van der Waals surface area contributed by atoms with Crippen LogP contribution in [0.4, 0.5) is 0 Å². The molecule has 2 aromatic carbocycles. The summed E-state index contributed by atoms with van der Waals surface area (Å²) >= 11 is 0. The Morgan fingerprint density at radius 1 is 0.893 bits per heavy atom. The van der Waals surface area contributed by atoms with Gasteiger partial charge in [0, 0.05) is 32.7 Å². The van der Waals surface area contributed by atoms with E-state index in [4.69, 9.17) is 0 Å². The predicted molar refractivity (Wildman–Crippen MR) is 106 cm³/mol. The first-order valence-corrected chi connectivity index (χ1v) is 9.64. The largest absolute Gasteiger partial charge is 0.340 e. The monoisotopic (exact) mass is 376 g/mol. The number of carbonyl (C=O) groups excluding carboxylic acids is 1. The molecule has 1 aliphatic heterocycles. The average molecular weight is 376 g/mol. The second-order valence-corrected chi connectivity index (χ2v) is 7.06. The maximum Gasteiger partial charge on any atom is 0.227 e. The van der Waals surface area contributed by atoms with E-state index in [1.807, 2.05) is 35.2 Å². The summed E-state index contributed by atoms with van der Waals surface area (Å²) in [7, 11) is 0. The molecule has 0 unspecified atom stereocenters. The number of carbonyl (C=O) groups is 1. The Kier molecular flexibility index (Phi) is 5.72. The smallest absolute Gasteiger partial charge is 0.227 e. The Labute approximate surface area is 164 Å². The van der Waals surface area contributed by atoms with E-state index in [2.05, 4.69) is 44.7 Å². The van der Waals surface area contributed by atoms with Crippen LogP contribution in [0.5, 0.6) is 0 Å². The lowest BCUT2D eigenvalue weighted by molar-refractivity contribution is -0.132. The highest BCUT2D eigenvalue weighted by molar-refractivity contribution is 5.79. The highest BCUT2D eigenvalue weighted by Gasteiger charge is 2.21. The molecule has 0 saturated carbocycles. The molecule has 7 nitrogen and oxygen atoms in total. The Hall–Kier alpha value is -3.06. The molecule has 1 amide bonds. The molecule has 7 heteroatoms. The first-order chi connectivity index (χ1) is 13.8. The van der Waals surface area contributed by atoms with Gasteiger partial charge in [-0.2, -0.15) is 0 Å². The number of hydrogen-bond acceptors (Lipinski definition) is 5. The maximum absolute atomic E-state index is 12.6. The van der Waals surface area contributed by atoms with Gasteiger partial charge in [-0.05, 0) is 40.1 Å². The van der Waals surface area contributed by atoms with E-state index >= 15 is 0 Å². The quantitative estimate of drug-likeness (QED) is 0.654. The minimum absolute atomic E-state index is 0.192. The molecule has 3 aromatic rings. The zero-order chi connectivity index (χ0) is 19.2. The van der Waals surface area contributed by atoms with Crippen molar-refractivity contribution in [3.63, 3.8) is 0 Å². The fraction of sp³-hybridized carbons (Fsp3) is 0.333. The van der Waals surface area contributed by atoms with Crippen molar-refractivity contribution in [2.75, 3.05) is 32.7 Å². The van der Waals surface area contributed by atoms with Gasteiger partial charge in [0.15, 0.2) is 0 Å². The Balaban J connectivity index is 1.24. The lowest BCUT2D eigenvalue weighted by Crippen LogP contribution is -2.49. The highest BCUT2D eigenvalue weighted by Crippen LogP contribution is 2.11. The van der Waals surface area contributed by atoms with Gasteiger partial charge in [-0.1, -0.05) is 42.5 Å². The lowest BCUT2D eigenvalue weighted by Gasteiger charge is -2.34. The number of rotatable bonds is 6. The van der Waals surface area contributed by atoms with E-state index in [0.29, 0.717) is 6.42 Å². The Morgan fingerprint density at radius 2 is 1.64 bits per heavy atom. The van der Waals surface area contributed by atoms with E-state index in [1.165, 1.54) is 5.56 Å². The van der Waals surface area contributed by atoms with E-state index in [0.717, 1.165) is 50.4 Å². The van der Waals surface area contributed by atoms with Gasteiger partial charge in [0.05, 0.1) is 12.1 Å². The van der Waals surface area contributed by atoms with E-state index in [-0.39, 0.29) is 5.91 Å². The van der Waals surface area contributed by atoms with E-state index in [1.54, 1.807) is 11.0 Å². The van der Waals surface area contributed by atoms with Gasteiger partial charge in [0.2, 0.25) is 5.91 Å². The fourth-order valence-corrected chi connectivity index (χ4v) is 3.49. The van der Waals surface area contributed by atoms with E-state index < -0.39 is 0 Å². The molecule has 2 heterocycles. The van der Waals surface area contributed by atoms with Crippen LogP contribution in [0.3, 0.4) is 0 Å². The molecule has 1 fully saturated rings. The zero-order valence-corrected chi connectivity index (χ0v) is 15.8. The Bertz CT molecular complexity index is 871. The molecular formula is C21H24N6O. The number of amides is 1. The van der Waals surface area contributed by atoms with Crippen molar-refractivity contribution in [2.45, 2.75) is 12.8 Å². The van der Waals surface area contributed by atoms with Crippen molar-refractivity contribution in [1.82, 2.24) is 30.0 Å². The third-order valence-corrected chi connectivity index (χ3v) is 5.19. The summed E-state index contributed by atoms with van der Waals surface area (Å²) in [6, 6.07) is 18.3. The molecule has 0 aliphatic carbocycles. The van der Waals surface area contributed by atoms with Crippen LogP contribution in [0.2, 0.25) is 0 Å². The number of piperazine rings is 1. The molecular weight excluding hydrogens is 352 g/mol. The van der Waals surface area contributed by atoms with Crippen LogP contribution < -0.4 is 0 Å². The third kappa shape index (κ3) is 4.61. The predicted octanol–water partition coefficient (Wildman–Crippen LogP) is 1.59. The summed E-state index contributed by atoms with van der Waals surface area (Å²) in [4.78, 5) is 17.1. The summed E-state index contributed by atoms with van der Waals surface area (Å²) in [6.07, 6.45) is 3.04. The van der Waals surface area contributed by atoms with E-state index in [9.17, 15) is 4.79 Å². The van der Waals surface area contributed by atoms with Crippen molar-refractivity contribution in [3.05, 3.63) is 72.1 Å². The van der Waals surface area contributed by atoms with Gasteiger partial charge >= 0.3 is 0 Å². The van der Waals surface area contributed by atoms with Crippen molar-refractivity contribution < 1.29 is 4.79 Å². The summed E-state index contributed by atoms with van der Waals surface area (Å²) in [5.74, 6) is 0.192. The van der Waals surface area contributed by atoms with Crippen LogP contribution in [0.15, 0.2) is 60.9 Å². The molecule has 0 spiro atoms. The van der Waals surface area contributed by atoms with Crippen LogP contribution in [0, 0.1) is 0 Å². The molecule has 1 saturated heterocycles. The highest BCUT2D eigenvalue weighted by atomic mass is 16.2. The molecule has 0 bridgehead atoms. The molecule has 28 heavy (non-hydrogen) atoms. The number of tetrazole rings is 1. The van der Waals surface area contributed by atoms with Gasteiger partial charge in [0.1, 0.15) is 6.33 Å². The van der Waals surface area contributed by atoms with Gasteiger partial charge in [-0.25, -0.2) is 4.68 Å². The number of aromatic nitrogens is 4. The van der Waals surface area contributed by atoms with Crippen LogP contribution in [-0.4, -0.2) is 68.6 Å². The van der Waals surface area contributed by atoms with Crippen LogP contribution in [0.25, 0.3) is 5.69 Å². The lowest BCUT2D eigenvalue weighted by atomic mass is 10.1. The molecule has 4 rings (SSSR count). The summed E-state index contributed by atoms with van der Waals surface area (Å²) in [5, 5.41) is 11.1. The topological polar surface area (TPSA) is 67.2 Å². The minimum Gasteiger partial charge on any atom is -0.340 e. The molecule has 1 aromatic heterocycles. The first-order valence-electron chi connectivity index (χ1n) is 9.64. The van der Waals surface area contributed by atoms with Crippen molar-refractivity contribution in [1.29, 1.82) is 0 Å². The Morgan fingerprint density at radius 3 is 2.32 bits per heavy atom. The van der Waals surface area contributed by atoms with Crippen molar-refractivity contribution in [2.24, 2.45) is 0 Å². The number of hydrogen-bond donors (Lipinski definition) is 0. The van der Waals surface area contributed by atoms with Crippen LogP contribution in [0.1, 0.15) is 11.1 Å². The second-order valence-electron chi connectivity index (χ2n) is 7.06. The molecule has 0 radical (unpaired) electrons. The number of nitrogens with zero attached hydrogens (tertiary/aromatic N) is 6. The standard InChI is InChI=1S/C21H24N6O/c28-21(16-19-6-8-20(9-7-19)27-17-22-23-24-27)26-14-12-25(13-15-26)11-10-18-4-2-1-3-5-18/h1-9,17H,10-16H2. The average Bonchev–Trinajstić information content (AvgIpc) is 3.29. The molecule has 1 aliphatic rings. The van der Waals surface area contributed by atoms with Gasteiger partial charge < -0.3 is 4.90 Å². The minimum atomic E-state index is 0.192. The van der Waals surface area contributed by atoms with Crippen LogP contribution >= 0.6 is 0 Å². The molecule has 0 N–H and O–H groups in total. The van der Waals surface area contributed by atoms with Crippen molar-refractivity contribution in [3.8, 4) is 5.69 Å². The van der Waals surface area contributed by atoms with Gasteiger partial charge in [-0.15, -0.1) is 5.10 Å². The van der Waals surface area contributed by atoms with Gasteiger partial charge in [-0.3, -0.25) is 9.69 Å². The molecule has 144 valence electrons. The fourth-order valence-electron chi connectivity index (χ4n) is 3.49. The second kappa shape index (κ2) is 8.75. The van der Waals surface area contributed by atoms with Crippen molar-refractivity contribution >= 4 is 5.91 Å². The summed E-state index contributed by atoms with van der Waals surface area (Å²) in [6.45, 7) is 4.53.